The molecule has 0 aliphatic heterocycles. The van der Waals surface area contributed by atoms with Crippen molar-refractivity contribution in [1.82, 2.24) is 14.8 Å². The lowest BCUT2D eigenvalue weighted by molar-refractivity contribution is 0.287. The van der Waals surface area contributed by atoms with Gasteiger partial charge in [0.2, 0.25) is 0 Å². The van der Waals surface area contributed by atoms with Crippen molar-refractivity contribution in [2.24, 2.45) is 5.73 Å². The number of nitrogens with two attached hydrogens (primary N) is 1. The van der Waals surface area contributed by atoms with Gasteiger partial charge in [0, 0.05) is 13.0 Å². The van der Waals surface area contributed by atoms with Crippen LogP contribution in [0.4, 0.5) is 0 Å². The highest BCUT2D eigenvalue weighted by Gasteiger charge is 2.03. The molecule has 0 aliphatic carbocycles. The Morgan fingerprint density at radius 2 is 2.11 bits per heavy atom. The summed E-state index contributed by atoms with van der Waals surface area (Å²) in [5, 5.41) is 4.09. The molecule has 0 saturated carbocycles. The molecular weight excluding hydrogens is 260 g/mol. The minimum absolute atomic E-state index is 0.405. The first kappa shape index (κ1) is 13.5. The van der Waals surface area contributed by atoms with Crippen LogP contribution in [0.15, 0.2) is 30.6 Å². The van der Waals surface area contributed by atoms with Gasteiger partial charge in [0.1, 0.15) is 18.7 Å². The lowest BCUT2D eigenvalue weighted by Gasteiger charge is -2.07. The van der Waals surface area contributed by atoms with Gasteiger partial charge in [-0.05, 0) is 24.6 Å². The zero-order chi connectivity index (χ0) is 13.7. The molecule has 0 saturated heterocycles. The summed E-state index contributed by atoms with van der Waals surface area (Å²) in [6, 6.07) is 7.72. The van der Waals surface area contributed by atoms with Crippen LogP contribution < -0.4 is 10.5 Å². The molecule has 2 rings (SSSR count). The summed E-state index contributed by atoms with van der Waals surface area (Å²) in [5.41, 5.74) is 6.58. The van der Waals surface area contributed by atoms with Crippen LogP contribution in [0.2, 0.25) is 0 Å². The number of aromatic nitrogens is 3. The molecule has 0 atom stereocenters. The summed E-state index contributed by atoms with van der Waals surface area (Å²) in [6.45, 7) is 3.21. The Morgan fingerprint density at radius 3 is 2.74 bits per heavy atom. The van der Waals surface area contributed by atoms with Crippen LogP contribution in [0.25, 0.3) is 0 Å². The van der Waals surface area contributed by atoms with Gasteiger partial charge in [-0.2, -0.15) is 5.10 Å². The summed E-state index contributed by atoms with van der Waals surface area (Å²) in [6.07, 6.45) is 2.15. The third-order valence-electron chi connectivity index (χ3n) is 2.66. The third-order valence-corrected chi connectivity index (χ3v) is 2.81. The number of rotatable bonds is 6. The average Bonchev–Trinajstić information content (AvgIpc) is 2.84. The van der Waals surface area contributed by atoms with Crippen LogP contribution in [-0.2, 0) is 19.6 Å². The lowest BCUT2D eigenvalue weighted by Crippen LogP contribution is -2.11. The van der Waals surface area contributed by atoms with E-state index < -0.39 is 0 Å². The molecule has 0 fully saturated rings. The van der Waals surface area contributed by atoms with E-state index in [-0.39, 0.29) is 0 Å². The summed E-state index contributed by atoms with van der Waals surface area (Å²) < 4.78 is 7.47. The van der Waals surface area contributed by atoms with Gasteiger partial charge in [-0.1, -0.05) is 24.4 Å². The fraction of sp³-hybridized carbons (Fsp3) is 0.308. The monoisotopic (exact) mass is 276 g/mol. The summed E-state index contributed by atoms with van der Waals surface area (Å²) in [5.74, 6) is 1.60. The first-order valence-corrected chi connectivity index (χ1v) is 6.46. The second-order valence-electron chi connectivity index (χ2n) is 4.07. The van der Waals surface area contributed by atoms with Crippen LogP contribution >= 0.6 is 12.2 Å². The number of thiocarbonyl (C=S) groups is 1. The summed E-state index contributed by atoms with van der Waals surface area (Å²) in [4.78, 5) is 4.64. The van der Waals surface area contributed by atoms with E-state index in [1.807, 2.05) is 31.2 Å². The number of hydrogen-bond donors (Lipinski definition) is 1. The van der Waals surface area contributed by atoms with E-state index in [0.29, 0.717) is 18.0 Å². The highest BCUT2D eigenvalue weighted by Crippen LogP contribution is 2.14. The molecule has 5 nitrogen and oxygen atoms in total. The molecule has 19 heavy (non-hydrogen) atoms. The number of benzene rings is 1. The van der Waals surface area contributed by atoms with Gasteiger partial charge in [0.15, 0.2) is 5.82 Å². The molecular formula is C13H16N4OS. The number of aryl methyl sites for hydroxylation is 1. The smallest absolute Gasteiger partial charge is 0.164 e. The van der Waals surface area contributed by atoms with Crippen molar-refractivity contribution < 1.29 is 4.74 Å². The predicted molar refractivity (Wildman–Crippen MR) is 77.0 cm³/mol. The average molecular weight is 276 g/mol. The van der Waals surface area contributed by atoms with Crippen LogP contribution in [0.3, 0.4) is 0 Å². The molecule has 6 heteroatoms. The Hall–Kier alpha value is -1.95. The molecule has 100 valence electrons. The Labute approximate surface area is 117 Å². The van der Waals surface area contributed by atoms with E-state index in [9.17, 15) is 0 Å². The molecule has 0 bridgehead atoms. The van der Waals surface area contributed by atoms with E-state index in [1.54, 1.807) is 4.68 Å². The fourth-order valence-electron chi connectivity index (χ4n) is 1.72. The van der Waals surface area contributed by atoms with Crippen LogP contribution in [0.5, 0.6) is 5.75 Å². The molecule has 0 aliphatic rings. The van der Waals surface area contributed by atoms with Gasteiger partial charge in [0.05, 0.1) is 4.99 Å². The topological polar surface area (TPSA) is 66.0 Å². The van der Waals surface area contributed by atoms with Crippen molar-refractivity contribution >= 4 is 17.2 Å². The second-order valence-corrected chi connectivity index (χ2v) is 4.59. The maximum absolute atomic E-state index is 5.67. The maximum atomic E-state index is 5.67. The summed E-state index contributed by atoms with van der Waals surface area (Å²) in [7, 11) is 0. The van der Waals surface area contributed by atoms with Gasteiger partial charge >= 0.3 is 0 Å². The molecule has 1 aromatic heterocycles. The van der Waals surface area contributed by atoms with Crippen molar-refractivity contribution in [2.45, 2.75) is 26.5 Å². The number of hydrogen-bond acceptors (Lipinski definition) is 4. The fourth-order valence-corrected chi connectivity index (χ4v) is 1.88. The Kier molecular flexibility index (Phi) is 4.46. The minimum Gasteiger partial charge on any atom is -0.486 e. The van der Waals surface area contributed by atoms with Crippen LogP contribution in [0.1, 0.15) is 18.3 Å². The molecule has 1 heterocycles. The molecule has 2 aromatic rings. The van der Waals surface area contributed by atoms with E-state index in [1.165, 1.54) is 6.33 Å². The van der Waals surface area contributed by atoms with E-state index in [2.05, 4.69) is 10.1 Å². The standard InChI is InChI=1S/C13H16N4OS/c1-2-17-13(15-9-16-17)8-18-11-5-3-10(4-6-11)7-12(14)19/h3-6,9H,2,7-8H2,1H3,(H2,14,19). The second kappa shape index (κ2) is 6.29. The molecule has 0 amide bonds. The normalized spacial score (nSPS) is 10.4. The van der Waals surface area contributed by atoms with Crippen molar-refractivity contribution in [2.75, 3.05) is 0 Å². The Bertz CT molecular complexity index is 550. The molecule has 0 unspecified atom stereocenters. The molecule has 0 radical (unpaired) electrons. The van der Waals surface area contributed by atoms with Crippen LogP contribution in [0, 0.1) is 0 Å². The lowest BCUT2D eigenvalue weighted by atomic mass is 10.1. The van der Waals surface area contributed by atoms with E-state index in [0.717, 1.165) is 23.7 Å². The third kappa shape index (κ3) is 3.75. The first-order valence-electron chi connectivity index (χ1n) is 6.05. The van der Waals surface area contributed by atoms with Gasteiger partial charge in [-0.3, -0.25) is 0 Å². The Balaban J connectivity index is 1.94. The Morgan fingerprint density at radius 1 is 1.37 bits per heavy atom. The van der Waals surface area contributed by atoms with Crippen molar-refractivity contribution in [3.63, 3.8) is 0 Å². The zero-order valence-corrected chi connectivity index (χ0v) is 11.6. The predicted octanol–water partition coefficient (Wildman–Crippen LogP) is 1.71. The quantitative estimate of drug-likeness (QED) is 0.814. The highest BCUT2D eigenvalue weighted by molar-refractivity contribution is 7.80. The van der Waals surface area contributed by atoms with Gasteiger partial charge in [-0.25, -0.2) is 9.67 Å². The molecule has 2 N–H and O–H groups in total. The summed E-state index contributed by atoms with van der Waals surface area (Å²) >= 11 is 4.87. The van der Waals surface area contributed by atoms with Crippen molar-refractivity contribution in [3.8, 4) is 5.75 Å². The zero-order valence-electron chi connectivity index (χ0n) is 10.7. The van der Waals surface area contributed by atoms with Crippen molar-refractivity contribution in [3.05, 3.63) is 42.0 Å². The van der Waals surface area contributed by atoms with Gasteiger partial charge in [0.25, 0.3) is 0 Å². The van der Waals surface area contributed by atoms with E-state index >= 15 is 0 Å². The van der Waals surface area contributed by atoms with Gasteiger partial charge in [-0.15, -0.1) is 0 Å². The SMILES string of the molecule is CCn1ncnc1COc1ccc(CC(N)=S)cc1. The number of ether oxygens (including phenoxy) is 1. The minimum atomic E-state index is 0.405. The molecule has 1 aromatic carbocycles. The maximum Gasteiger partial charge on any atom is 0.164 e. The first-order chi connectivity index (χ1) is 9.19. The molecule has 0 spiro atoms. The largest absolute Gasteiger partial charge is 0.486 e. The van der Waals surface area contributed by atoms with Crippen LogP contribution in [-0.4, -0.2) is 19.8 Å². The highest BCUT2D eigenvalue weighted by atomic mass is 32.1. The van der Waals surface area contributed by atoms with Gasteiger partial charge < -0.3 is 10.5 Å². The van der Waals surface area contributed by atoms with Crippen molar-refractivity contribution in [1.29, 1.82) is 0 Å². The van der Waals surface area contributed by atoms with E-state index in [4.69, 9.17) is 22.7 Å². The number of nitrogens with zero attached hydrogens (tertiary/aromatic N) is 3.